The standard InChI is InChI=1S/C19H27N5O2S/c1-4-16-7-9-17(10-8-16)15(2)24-19(20-3)22-12-13-23-27(25,26)18-6-5-11-21-14-18/h5-11,14-15,23H,4,12-13H2,1-3H3,(H2,20,22,24). The molecule has 0 amide bonds. The first-order valence-corrected chi connectivity index (χ1v) is 10.4. The van der Waals surface area contributed by atoms with E-state index in [0.29, 0.717) is 12.5 Å². The number of aryl methyl sites for hydroxylation is 1. The predicted molar refractivity (Wildman–Crippen MR) is 108 cm³/mol. The van der Waals surface area contributed by atoms with Gasteiger partial charge in [-0.3, -0.25) is 9.98 Å². The van der Waals surface area contributed by atoms with Crippen molar-refractivity contribution in [3.05, 3.63) is 59.9 Å². The van der Waals surface area contributed by atoms with Gasteiger partial charge < -0.3 is 10.6 Å². The summed E-state index contributed by atoms with van der Waals surface area (Å²) in [6.07, 6.45) is 3.87. The molecule has 1 aromatic carbocycles. The van der Waals surface area contributed by atoms with Gasteiger partial charge in [-0.25, -0.2) is 13.1 Å². The van der Waals surface area contributed by atoms with Gasteiger partial charge in [-0.2, -0.15) is 0 Å². The lowest BCUT2D eigenvalue weighted by Crippen LogP contribution is -2.42. The van der Waals surface area contributed by atoms with Gasteiger partial charge >= 0.3 is 0 Å². The average molecular weight is 390 g/mol. The zero-order valence-corrected chi connectivity index (χ0v) is 16.8. The lowest BCUT2D eigenvalue weighted by molar-refractivity contribution is 0.579. The number of rotatable bonds is 8. The Hall–Kier alpha value is -2.45. The molecule has 0 bridgehead atoms. The van der Waals surface area contributed by atoms with Crippen molar-refractivity contribution in [1.82, 2.24) is 20.3 Å². The van der Waals surface area contributed by atoms with Gasteiger partial charge in [0.25, 0.3) is 0 Å². The fourth-order valence-corrected chi connectivity index (χ4v) is 3.48. The van der Waals surface area contributed by atoms with Crippen LogP contribution in [0.15, 0.2) is 58.7 Å². The fraction of sp³-hybridized carbons (Fsp3) is 0.368. The highest BCUT2D eigenvalue weighted by Gasteiger charge is 2.13. The Balaban J connectivity index is 1.81. The Morgan fingerprint density at radius 2 is 1.93 bits per heavy atom. The summed E-state index contributed by atoms with van der Waals surface area (Å²) in [6, 6.07) is 11.6. The molecule has 0 aliphatic carbocycles. The van der Waals surface area contributed by atoms with Crippen molar-refractivity contribution in [3.8, 4) is 0 Å². The van der Waals surface area contributed by atoms with E-state index in [1.807, 2.05) is 0 Å². The van der Waals surface area contributed by atoms with E-state index in [9.17, 15) is 8.42 Å². The minimum atomic E-state index is -3.55. The average Bonchev–Trinajstić information content (AvgIpc) is 2.70. The van der Waals surface area contributed by atoms with E-state index in [0.717, 1.165) is 12.0 Å². The molecule has 1 aromatic heterocycles. The Bertz CT molecular complexity index is 836. The van der Waals surface area contributed by atoms with Gasteiger partial charge in [0.1, 0.15) is 4.90 Å². The second kappa shape index (κ2) is 10.0. The fourth-order valence-electron chi connectivity index (χ4n) is 2.48. The van der Waals surface area contributed by atoms with Crippen molar-refractivity contribution in [3.63, 3.8) is 0 Å². The number of nitrogens with one attached hydrogen (secondary N) is 3. The third kappa shape index (κ3) is 6.33. The molecule has 1 heterocycles. The summed E-state index contributed by atoms with van der Waals surface area (Å²) in [4.78, 5) is 8.17. The highest BCUT2D eigenvalue weighted by Crippen LogP contribution is 2.13. The minimum Gasteiger partial charge on any atom is -0.355 e. The summed E-state index contributed by atoms with van der Waals surface area (Å²) in [5, 5.41) is 6.41. The summed E-state index contributed by atoms with van der Waals surface area (Å²) in [5.74, 6) is 0.614. The number of guanidine groups is 1. The van der Waals surface area contributed by atoms with E-state index >= 15 is 0 Å². The summed E-state index contributed by atoms with van der Waals surface area (Å²) >= 11 is 0. The number of pyridine rings is 1. The number of hydrogen-bond acceptors (Lipinski definition) is 4. The number of benzene rings is 1. The van der Waals surface area contributed by atoms with Crippen molar-refractivity contribution in [2.45, 2.75) is 31.2 Å². The molecule has 0 saturated heterocycles. The van der Waals surface area contributed by atoms with E-state index in [1.165, 1.54) is 24.0 Å². The maximum atomic E-state index is 12.1. The van der Waals surface area contributed by atoms with Crippen molar-refractivity contribution in [2.75, 3.05) is 20.1 Å². The first-order chi connectivity index (χ1) is 13.0. The molecule has 1 atom stereocenters. The molecule has 8 heteroatoms. The summed E-state index contributed by atoms with van der Waals surface area (Å²) in [6.45, 7) is 4.82. The van der Waals surface area contributed by atoms with Crippen LogP contribution in [0.3, 0.4) is 0 Å². The Kier molecular flexibility index (Phi) is 7.75. The molecular weight excluding hydrogens is 362 g/mol. The van der Waals surface area contributed by atoms with Crippen LogP contribution in [0.2, 0.25) is 0 Å². The number of hydrogen-bond donors (Lipinski definition) is 3. The van der Waals surface area contributed by atoms with Crippen LogP contribution in [-0.2, 0) is 16.4 Å². The van der Waals surface area contributed by atoms with Crippen molar-refractivity contribution < 1.29 is 8.42 Å². The van der Waals surface area contributed by atoms with Crippen LogP contribution in [0.1, 0.15) is 31.0 Å². The van der Waals surface area contributed by atoms with Crippen LogP contribution in [0.4, 0.5) is 0 Å². The minimum absolute atomic E-state index is 0.0780. The third-order valence-corrected chi connectivity index (χ3v) is 5.57. The summed E-state index contributed by atoms with van der Waals surface area (Å²) < 4.78 is 26.8. The molecule has 27 heavy (non-hydrogen) atoms. The summed E-state index contributed by atoms with van der Waals surface area (Å²) in [5.41, 5.74) is 2.46. The number of sulfonamides is 1. The topological polar surface area (TPSA) is 95.5 Å². The molecule has 0 aliphatic heterocycles. The Morgan fingerprint density at radius 1 is 1.19 bits per heavy atom. The molecule has 1 unspecified atom stereocenters. The maximum Gasteiger partial charge on any atom is 0.242 e. The molecule has 7 nitrogen and oxygen atoms in total. The lowest BCUT2D eigenvalue weighted by atomic mass is 10.1. The zero-order valence-electron chi connectivity index (χ0n) is 15.9. The van der Waals surface area contributed by atoms with Gasteiger partial charge in [-0.05, 0) is 36.6 Å². The van der Waals surface area contributed by atoms with E-state index in [1.54, 1.807) is 13.1 Å². The number of nitrogens with zero attached hydrogens (tertiary/aromatic N) is 2. The molecular formula is C19H27N5O2S. The van der Waals surface area contributed by atoms with Crippen LogP contribution < -0.4 is 15.4 Å². The molecule has 0 radical (unpaired) electrons. The van der Waals surface area contributed by atoms with Gasteiger partial charge in [0.15, 0.2) is 5.96 Å². The van der Waals surface area contributed by atoms with Crippen LogP contribution in [0, 0.1) is 0 Å². The predicted octanol–water partition coefficient (Wildman–Crippen LogP) is 1.85. The van der Waals surface area contributed by atoms with Crippen LogP contribution in [-0.4, -0.2) is 39.5 Å². The van der Waals surface area contributed by atoms with Gasteiger partial charge in [-0.15, -0.1) is 0 Å². The molecule has 2 rings (SSSR count). The monoisotopic (exact) mass is 389 g/mol. The number of aromatic nitrogens is 1. The van der Waals surface area contributed by atoms with Crippen LogP contribution >= 0.6 is 0 Å². The summed E-state index contributed by atoms with van der Waals surface area (Å²) in [7, 11) is -1.87. The molecule has 0 aliphatic rings. The van der Waals surface area contributed by atoms with Crippen LogP contribution in [0.5, 0.6) is 0 Å². The van der Waals surface area contributed by atoms with Crippen LogP contribution in [0.25, 0.3) is 0 Å². The number of aliphatic imine (C=N–C) groups is 1. The van der Waals surface area contributed by atoms with E-state index in [2.05, 4.69) is 63.4 Å². The molecule has 2 aromatic rings. The zero-order chi connectivity index (χ0) is 19.7. The molecule has 0 saturated carbocycles. The van der Waals surface area contributed by atoms with Crippen molar-refractivity contribution in [2.24, 2.45) is 4.99 Å². The van der Waals surface area contributed by atoms with E-state index < -0.39 is 10.0 Å². The first-order valence-electron chi connectivity index (χ1n) is 8.92. The SMILES string of the molecule is CCc1ccc(C(C)NC(=NC)NCCNS(=O)(=O)c2cccnc2)cc1. The van der Waals surface area contributed by atoms with Gasteiger partial charge in [0.2, 0.25) is 10.0 Å². The third-order valence-electron chi connectivity index (χ3n) is 4.12. The smallest absolute Gasteiger partial charge is 0.242 e. The lowest BCUT2D eigenvalue weighted by Gasteiger charge is -2.18. The second-order valence-electron chi connectivity index (χ2n) is 6.05. The van der Waals surface area contributed by atoms with Crippen molar-refractivity contribution in [1.29, 1.82) is 0 Å². The Morgan fingerprint density at radius 3 is 2.52 bits per heavy atom. The van der Waals surface area contributed by atoms with Gasteiger partial charge in [0.05, 0.1) is 6.04 Å². The quantitative estimate of drug-likeness (QED) is 0.364. The molecule has 0 fully saturated rings. The largest absolute Gasteiger partial charge is 0.355 e. The van der Waals surface area contributed by atoms with Crippen molar-refractivity contribution >= 4 is 16.0 Å². The van der Waals surface area contributed by atoms with E-state index in [-0.39, 0.29) is 17.5 Å². The highest BCUT2D eigenvalue weighted by molar-refractivity contribution is 7.89. The van der Waals surface area contributed by atoms with E-state index in [4.69, 9.17) is 0 Å². The molecule has 3 N–H and O–H groups in total. The maximum absolute atomic E-state index is 12.1. The Labute approximate surface area is 161 Å². The molecule has 146 valence electrons. The van der Waals surface area contributed by atoms with Gasteiger partial charge in [-0.1, -0.05) is 31.2 Å². The first kappa shape index (κ1) is 20.9. The second-order valence-corrected chi connectivity index (χ2v) is 7.81. The normalized spacial score (nSPS) is 13.2. The highest BCUT2D eigenvalue weighted by atomic mass is 32.2. The molecule has 0 spiro atoms. The van der Waals surface area contributed by atoms with Gasteiger partial charge in [0, 0.05) is 32.5 Å².